The molecule has 1 aliphatic carbocycles. The number of benzene rings is 1. The van der Waals surface area contributed by atoms with Gasteiger partial charge in [-0.05, 0) is 44.9 Å². The third-order valence-electron chi connectivity index (χ3n) is 4.81. The van der Waals surface area contributed by atoms with Gasteiger partial charge in [0, 0.05) is 48.3 Å². The smallest absolute Gasteiger partial charge is 0.340 e. The maximum atomic E-state index is 12.3. The fourth-order valence-electron chi connectivity index (χ4n) is 3.25. The van der Waals surface area contributed by atoms with Crippen molar-refractivity contribution in [1.29, 1.82) is 0 Å². The van der Waals surface area contributed by atoms with E-state index in [2.05, 4.69) is 15.2 Å². The number of aryl methyl sites for hydroxylation is 1. The van der Waals surface area contributed by atoms with E-state index in [-0.39, 0.29) is 18.2 Å². The Bertz CT molecular complexity index is 916. The highest BCUT2D eigenvalue weighted by atomic mass is 16.6. The highest BCUT2D eigenvalue weighted by Crippen LogP contribution is 2.38. The number of nitro groups is 1. The Morgan fingerprint density at radius 3 is 2.52 bits per heavy atom. The minimum atomic E-state index is -0.496. The van der Waals surface area contributed by atoms with Crippen LogP contribution in [0.15, 0.2) is 30.3 Å². The van der Waals surface area contributed by atoms with Crippen LogP contribution >= 0.6 is 0 Å². The molecule has 29 heavy (non-hydrogen) atoms. The van der Waals surface area contributed by atoms with E-state index in [0.29, 0.717) is 30.4 Å². The summed E-state index contributed by atoms with van der Waals surface area (Å²) < 4.78 is 7.29. The Kier molecular flexibility index (Phi) is 6.16. The van der Waals surface area contributed by atoms with Crippen molar-refractivity contribution in [3.8, 4) is 0 Å². The molecule has 0 atom stereocenters. The van der Waals surface area contributed by atoms with Gasteiger partial charge in [0.15, 0.2) is 6.61 Å². The largest absolute Gasteiger partial charge is 0.452 e. The molecule has 2 aromatic rings. The highest BCUT2D eigenvalue weighted by molar-refractivity contribution is 5.92. The van der Waals surface area contributed by atoms with Crippen LogP contribution in [-0.2, 0) is 9.53 Å². The summed E-state index contributed by atoms with van der Waals surface area (Å²) in [5, 5.41) is 16.3. The van der Waals surface area contributed by atoms with Crippen molar-refractivity contribution in [2.45, 2.75) is 32.7 Å². The van der Waals surface area contributed by atoms with Gasteiger partial charge >= 0.3 is 5.97 Å². The first-order chi connectivity index (χ1) is 13.9. The molecule has 0 aliphatic heterocycles. The van der Waals surface area contributed by atoms with Crippen LogP contribution in [0, 0.1) is 24.0 Å². The van der Waals surface area contributed by atoms with Crippen LogP contribution in [0.2, 0.25) is 0 Å². The number of esters is 1. The first-order valence-electron chi connectivity index (χ1n) is 9.47. The van der Waals surface area contributed by atoms with Crippen LogP contribution in [-0.4, -0.2) is 41.1 Å². The van der Waals surface area contributed by atoms with E-state index in [0.717, 1.165) is 24.2 Å². The average Bonchev–Trinajstić information content (AvgIpc) is 3.48. The molecule has 9 heteroatoms. The molecule has 2 N–H and O–H groups in total. The summed E-state index contributed by atoms with van der Waals surface area (Å²) >= 11 is 0. The Morgan fingerprint density at radius 2 is 1.90 bits per heavy atom. The Balaban J connectivity index is 1.38. The second-order valence-corrected chi connectivity index (χ2v) is 7.04. The number of carbonyl (C=O) groups is 2. The lowest BCUT2D eigenvalue weighted by molar-refractivity contribution is -0.384. The van der Waals surface area contributed by atoms with Crippen LogP contribution in [0.4, 0.5) is 11.4 Å². The van der Waals surface area contributed by atoms with Gasteiger partial charge in [0.05, 0.1) is 10.5 Å². The lowest BCUT2D eigenvalue weighted by Crippen LogP contribution is -2.32. The summed E-state index contributed by atoms with van der Waals surface area (Å²) in [6, 6.07) is 8.28. The first kappa shape index (κ1) is 20.4. The van der Waals surface area contributed by atoms with Gasteiger partial charge < -0.3 is 19.9 Å². The zero-order valence-electron chi connectivity index (χ0n) is 16.4. The van der Waals surface area contributed by atoms with E-state index in [9.17, 15) is 19.7 Å². The second-order valence-electron chi connectivity index (χ2n) is 7.04. The van der Waals surface area contributed by atoms with Gasteiger partial charge in [-0.3, -0.25) is 14.9 Å². The van der Waals surface area contributed by atoms with Gasteiger partial charge in [-0.15, -0.1) is 0 Å². The van der Waals surface area contributed by atoms with E-state index in [4.69, 9.17) is 4.74 Å². The molecule has 0 radical (unpaired) electrons. The summed E-state index contributed by atoms with van der Waals surface area (Å²) in [5.41, 5.74) is 3.13. The summed E-state index contributed by atoms with van der Waals surface area (Å²) in [5.74, 6) is -0.885. The standard InChI is InChI=1S/C20H24N4O5/c1-13-11-18(14(2)23(13)16-7-8-16)20(26)29-12-19(25)22-10-9-21-15-3-5-17(6-4-15)24(27)28/h3-6,11,16,21H,7-10,12H2,1-2H3,(H,22,25). The molecule has 1 aromatic carbocycles. The molecule has 1 aromatic heterocycles. The molecule has 0 saturated heterocycles. The van der Waals surface area contributed by atoms with Crippen molar-refractivity contribution in [2.75, 3.05) is 25.0 Å². The van der Waals surface area contributed by atoms with Crippen LogP contribution in [0.25, 0.3) is 0 Å². The predicted molar refractivity (Wildman–Crippen MR) is 107 cm³/mol. The van der Waals surface area contributed by atoms with Crippen molar-refractivity contribution in [1.82, 2.24) is 9.88 Å². The fourth-order valence-corrected chi connectivity index (χ4v) is 3.25. The molecular weight excluding hydrogens is 376 g/mol. The third-order valence-corrected chi connectivity index (χ3v) is 4.81. The number of aromatic nitrogens is 1. The molecule has 3 rings (SSSR count). The molecule has 1 aliphatic rings. The monoisotopic (exact) mass is 400 g/mol. The summed E-state index contributed by atoms with van der Waals surface area (Å²) in [6.07, 6.45) is 2.25. The third kappa shape index (κ3) is 5.13. The molecule has 0 bridgehead atoms. The Hall–Kier alpha value is -3.36. The molecule has 1 amide bonds. The average molecular weight is 400 g/mol. The number of ether oxygens (including phenoxy) is 1. The lowest BCUT2D eigenvalue weighted by Gasteiger charge is -2.09. The van der Waals surface area contributed by atoms with Gasteiger partial charge in [-0.25, -0.2) is 4.79 Å². The number of rotatable bonds is 9. The van der Waals surface area contributed by atoms with Gasteiger partial charge in [-0.1, -0.05) is 0 Å². The van der Waals surface area contributed by atoms with E-state index >= 15 is 0 Å². The van der Waals surface area contributed by atoms with Gasteiger partial charge in [0.2, 0.25) is 0 Å². The van der Waals surface area contributed by atoms with Gasteiger partial charge in [0.1, 0.15) is 0 Å². The minimum Gasteiger partial charge on any atom is -0.452 e. The van der Waals surface area contributed by atoms with Crippen LogP contribution in [0.3, 0.4) is 0 Å². The quantitative estimate of drug-likeness (QED) is 0.289. The number of hydrogen-bond donors (Lipinski definition) is 2. The van der Waals surface area contributed by atoms with Crippen molar-refractivity contribution in [3.05, 3.63) is 57.4 Å². The normalized spacial score (nSPS) is 13.0. The molecular formula is C20H24N4O5. The van der Waals surface area contributed by atoms with Crippen molar-refractivity contribution in [3.63, 3.8) is 0 Å². The minimum absolute atomic E-state index is 0.0172. The topological polar surface area (TPSA) is 116 Å². The summed E-state index contributed by atoms with van der Waals surface area (Å²) in [6.45, 7) is 4.27. The number of amides is 1. The summed E-state index contributed by atoms with van der Waals surface area (Å²) in [4.78, 5) is 34.3. The van der Waals surface area contributed by atoms with Gasteiger partial charge in [0.25, 0.3) is 11.6 Å². The SMILES string of the molecule is Cc1cc(C(=O)OCC(=O)NCCNc2ccc([N+](=O)[O-])cc2)c(C)n1C1CC1. The van der Waals surface area contributed by atoms with Gasteiger partial charge in [-0.2, -0.15) is 0 Å². The number of nitrogens with zero attached hydrogens (tertiary/aromatic N) is 2. The Morgan fingerprint density at radius 1 is 1.21 bits per heavy atom. The van der Waals surface area contributed by atoms with E-state index in [1.54, 1.807) is 12.1 Å². The second kappa shape index (κ2) is 8.76. The number of hydrogen-bond acceptors (Lipinski definition) is 6. The molecule has 1 saturated carbocycles. The zero-order chi connectivity index (χ0) is 21.0. The number of nitrogens with one attached hydrogen (secondary N) is 2. The zero-order valence-corrected chi connectivity index (χ0v) is 16.4. The highest BCUT2D eigenvalue weighted by Gasteiger charge is 2.28. The van der Waals surface area contributed by atoms with Crippen molar-refractivity contribution < 1.29 is 19.2 Å². The number of anilines is 1. The molecule has 9 nitrogen and oxygen atoms in total. The summed E-state index contributed by atoms with van der Waals surface area (Å²) in [7, 11) is 0. The predicted octanol–water partition coefficient (Wildman–Crippen LogP) is 2.73. The van der Waals surface area contributed by atoms with Crippen molar-refractivity contribution >= 4 is 23.3 Å². The molecule has 0 unspecified atom stereocenters. The number of nitro benzene ring substituents is 1. The van der Waals surface area contributed by atoms with E-state index in [1.807, 2.05) is 19.9 Å². The van der Waals surface area contributed by atoms with Crippen LogP contribution < -0.4 is 10.6 Å². The van der Waals surface area contributed by atoms with Crippen molar-refractivity contribution in [2.24, 2.45) is 0 Å². The maximum Gasteiger partial charge on any atom is 0.340 e. The number of carbonyl (C=O) groups excluding carboxylic acids is 2. The van der Waals surface area contributed by atoms with Crippen LogP contribution in [0.5, 0.6) is 0 Å². The molecule has 1 heterocycles. The number of non-ortho nitro benzene ring substituents is 1. The maximum absolute atomic E-state index is 12.3. The lowest BCUT2D eigenvalue weighted by atomic mass is 10.2. The Labute approximate surface area is 168 Å². The molecule has 0 spiro atoms. The first-order valence-corrected chi connectivity index (χ1v) is 9.47. The van der Waals surface area contributed by atoms with Crippen LogP contribution in [0.1, 0.15) is 40.6 Å². The molecule has 1 fully saturated rings. The molecule has 154 valence electrons. The van der Waals surface area contributed by atoms with E-state index in [1.165, 1.54) is 12.1 Å². The van der Waals surface area contributed by atoms with E-state index < -0.39 is 10.9 Å². The fraction of sp³-hybridized carbons (Fsp3) is 0.400.